The molecular formula is C73H160N18. The van der Waals surface area contributed by atoms with Crippen molar-refractivity contribution in [2.75, 3.05) is 95.7 Å². The lowest BCUT2D eigenvalue weighted by Crippen LogP contribution is -2.35. The van der Waals surface area contributed by atoms with E-state index < -0.39 is 0 Å². The van der Waals surface area contributed by atoms with Crippen LogP contribution in [0, 0.1) is 38.5 Å². The Labute approximate surface area is 563 Å². The van der Waals surface area contributed by atoms with Gasteiger partial charge in [-0.2, -0.15) is 0 Å². The molecule has 0 spiro atoms. The van der Waals surface area contributed by atoms with Crippen molar-refractivity contribution in [3.63, 3.8) is 0 Å². The van der Waals surface area contributed by atoms with Gasteiger partial charge in [-0.25, -0.2) is 0 Å². The fourth-order valence-electron chi connectivity index (χ4n) is 8.40. The van der Waals surface area contributed by atoms with Crippen LogP contribution in [0.2, 0.25) is 0 Å². The third-order valence-corrected chi connectivity index (χ3v) is 14.9. The van der Waals surface area contributed by atoms with Crippen molar-refractivity contribution < 1.29 is 0 Å². The van der Waals surface area contributed by atoms with Gasteiger partial charge in [0.25, 0.3) is 0 Å². The predicted octanol–water partition coefficient (Wildman–Crippen LogP) is 10.1. The molecule has 7 unspecified atom stereocenters. The molecule has 3 fully saturated rings. The van der Waals surface area contributed by atoms with Crippen LogP contribution < -0.4 is 97.1 Å². The molecule has 3 aromatic rings. The van der Waals surface area contributed by atoms with E-state index in [0.717, 1.165) is 99.3 Å². The van der Waals surface area contributed by atoms with Gasteiger partial charge in [0.1, 0.15) is 0 Å². The molecule has 0 aromatic heterocycles. The van der Waals surface area contributed by atoms with Crippen molar-refractivity contribution in [1.29, 1.82) is 0 Å². The van der Waals surface area contributed by atoms with Crippen LogP contribution in [-0.2, 0) is 0 Å². The van der Waals surface area contributed by atoms with Crippen molar-refractivity contribution in [2.45, 2.75) is 262 Å². The van der Waals surface area contributed by atoms with Gasteiger partial charge in [0.05, 0.1) is 0 Å². The molecule has 3 aliphatic carbocycles. The van der Waals surface area contributed by atoms with Gasteiger partial charge < -0.3 is 102 Å². The molecule has 0 bridgehead atoms. The van der Waals surface area contributed by atoms with Gasteiger partial charge in [-0.05, 0) is 217 Å². The van der Waals surface area contributed by atoms with Crippen LogP contribution in [0.15, 0.2) is 72.8 Å². The molecule has 6 rings (SSSR count). The van der Waals surface area contributed by atoms with E-state index in [0.29, 0.717) is 37.8 Å². The number of nitrogens with one attached hydrogen (secondary N) is 1. The number of unbranched alkanes of at least 4 members (excludes halogenated alkanes) is 5. The fraction of sp³-hybridized carbons (Fsp3) is 0.753. The van der Waals surface area contributed by atoms with Crippen LogP contribution in [0.5, 0.6) is 0 Å². The first kappa shape index (κ1) is 101. The quantitative estimate of drug-likeness (QED) is 0.0369. The third-order valence-electron chi connectivity index (χ3n) is 14.9. The normalized spacial score (nSPS) is 18.4. The van der Waals surface area contributed by atoms with Gasteiger partial charge in [-0.15, -0.1) is 0 Å². The van der Waals surface area contributed by atoms with Gasteiger partial charge in [-0.1, -0.05) is 148 Å². The van der Waals surface area contributed by atoms with Gasteiger partial charge in [0.15, 0.2) is 0 Å². The summed E-state index contributed by atoms with van der Waals surface area (Å²) in [6.07, 6.45) is 27.1. The van der Waals surface area contributed by atoms with Crippen LogP contribution >= 0.6 is 0 Å². The maximum atomic E-state index is 5.78. The summed E-state index contributed by atoms with van der Waals surface area (Å²) in [5, 5.41) is 3.35. The topological polar surface area (TPSA) is 432 Å². The van der Waals surface area contributed by atoms with E-state index in [-0.39, 0.29) is 25.6 Å². The Kier molecular flexibility index (Phi) is 85.6. The van der Waals surface area contributed by atoms with Crippen LogP contribution in [0.1, 0.15) is 221 Å². The number of benzene rings is 3. The molecule has 0 saturated heterocycles. The van der Waals surface area contributed by atoms with Crippen molar-refractivity contribution >= 4 is 17.1 Å². The zero-order valence-corrected chi connectivity index (χ0v) is 60.6. The summed E-state index contributed by atoms with van der Waals surface area (Å²) < 4.78 is 0. The fourth-order valence-corrected chi connectivity index (χ4v) is 8.40. The van der Waals surface area contributed by atoms with Gasteiger partial charge >= 0.3 is 0 Å². The second-order valence-corrected chi connectivity index (χ2v) is 25.0. The molecule has 7 atom stereocenters. The lowest BCUT2D eigenvalue weighted by atomic mass is 9.87. The number of nitrogens with zero attached hydrogens (tertiary/aromatic N) is 1. The molecule has 0 radical (unpaired) electrons. The SMILES string of the molecule is C.CC(N)C(C)N.CC(N)CN.CC1CCC(N)CC1.CC1CCCC(N)C1.CC1CCCCC1N.CCCCCCN.CCCN(CCN)CCN.CCCNCCCCCN.Cc1ccc(N)cc1.Cc1cccc(N)c1.Cc1ccccc1N.NCCN. The summed E-state index contributed by atoms with van der Waals surface area (Å²) in [5.74, 6) is 2.61. The summed E-state index contributed by atoms with van der Waals surface area (Å²) in [6.45, 7) is 35.5. The van der Waals surface area contributed by atoms with E-state index in [1.54, 1.807) is 0 Å². The first-order valence-corrected chi connectivity index (χ1v) is 35.1. The first-order valence-electron chi connectivity index (χ1n) is 35.1. The standard InChI is InChI=1S/C8H20N2.C7H19N3.C7H15N.C7H9N.C7H15N.C7H9N.C7H15N.C7H9N.C6H15N.C4H12N2.C3H10N2.C2H8N2.CH4/c1-2-7-10-8-5-3-4-6-9;1-2-5-10(6-3-8)7-4-9;2*1-6-2-4-7(8)5-3-6;2*1-6-3-2-4-7(8)5-6;2*1-6-4-2-3-5-7(6)8;1-2-3-4-5-6-7;1-3(5)4(2)6;1-3(5)2-4;3-1-2-4;/h10H,2-9H2,1H3;2-9H2,1H3;6-7H,2-5,8H2,1H3;2-5H,8H2,1H3;6-7H,2-5,8H2,1H3;2-5H,8H2,1H3;6-7H,2-5,8H2,1H3;2-5H,8H2,1H3;2-7H2,1H3;3-4H,5-6H2,1-2H3;3H,2,4-5H2,1H3;1-4H2;1H4. The summed E-state index contributed by atoms with van der Waals surface area (Å²) in [7, 11) is 0. The number of nitrogen functional groups attached to an aromatic ring is 3. The predicted molar refractivity (Wildman–Crippen MR) is 413 cm³/mol. The highest BCUT2D eigenvalue weighted by molar-refractivity contribution is 5.45. The highest BCUT2D eigenvalue weighted by Crippen LogP contribution is 2.23. The molecule has 0 aliphatic heterocycles. The zero-order valence-electron chi connectivity index (χ0n) is 60.6. The Morgan fingerprint density at radius 3 is 1.32 bits per heavy atom. The van der Waals surface area contributed by atoms with Crippen LogP contribution in [-0.4, -0.2) is 120 Å². The molecule has 0 heterocycles. The summed E-state index contributed by atoms with van der Waals surface area (Å²) >= 11 is 0. The molecular weight excluding hydrogens is 1130 g/mol. The molecule has 91 heavy (non-hydrogen) atoms. The Morgan fingerprint density at radius 1 is 0.473 bits per heavy atom. The van der Waals surface area contributed by atoms with Gasteiger partial charge in [-0.3, -0.25) is 0 Å². The Morgan fingerprint density at radius 2 is 1.00 bits per heavy atom. The lowest BCUT2D eigenvalue weighted by Gasteiger charge is -2.24. The van der Waals surface area contributed by atoms with Crippen molar-refractivity contribution in [3.05, 3.63) is 89.5 Å². The van der Waals surface area contributed by atoms with E-state index in [2.05, 4.69) is 51.8 Å². The van der Waals surface area contributed by atoms with Gasteiger partial charge in [0.2, 0.25) is 0 Å². The van der Waals surface area contributed by atoms with E-state index in [4.69, 9.17) is 91.7 Å². The zero-order chi connectivity index (χ0) is 69.8. The Bertz CT molecular complexity index is 1680. The molecule has 3 saturated carbocycles. The average Bonchev–Trinajstić information content (AvgIpc) is 3.74. The average molecular weight is 1290 g/mol. The van der Waals surface area contributed by atoms with Gasteiger partial charge in [0, 0.05) is 99.1 Å². The molecule has 0 amide bonds. The minimum atomic E-state index is 0. The summed E-state index contributed by atoms with van der Waals surface area (Å²) in [6, 6.07) is 25.3. The Hall–Kier alpha value is -3.54. The second kappa shape index (κ2) is 77.2. The molecule has 33 N–H and O–H groups in total. The minimum Gasteiger partial charge on any atom is -0.399 e. The molecule has 542 valence electrons. The van der Waals surface area contributed by atoms with Crippen LogP contribution in [0.25, 0.3) is 0 Å². The van der Waals surface area contributed by atoms with E-state index >= 15 is 0 Å². The largest absolute Gasteiger partial charge is 0.399 e. The number of nitrogens with two attached hydrogens (primary N) is 16. The summed E-state index contributed by atoms with van der Waals surface area (Å²) in [5.41, 5.74) is 91.8. The maximum Gasteiger partial charge on any atom is 0.0343 e. The monoisotopic (exact) mass is 1290 g/mol. The minimum absolute atomic E-state index is 0. The molecule has 3 aromatic carbocycles. The Balaban J connectivity index is -0.000000170. The van der Waals surface area contributed by atoms with Crippen molar-refractivity contribution in [3.8, 4) is 0 Å². The van der Waals surface area contributed by atoms with Crippen LogP contribution in [0.3, 0.4) is 0 Å². The smallest absolute Gasteiger partial charge is 0.0343 e. The second-order valence-electron chi connectivity index (χ2n) is 25.0. The number of hydrogen-bond acceptors (Lipinski definition) is 18. The summed E-state index contributed by atoms with van der Waals surface area (Å²) in [4.78, 5) is 2.29. The number of para-hydroxylation sites is 1. The maximum absolute atomic E-state index is 5.78. The van der Waals surface area contributed by atoms with Crippen molar-refractivity contribution in [2.24, 2.45) is 92.3 Å². The van der Waals surface area contributed by atoms with E-state index in [1.165, 1.54) is 146 Å². The first-order chi connectivity index (χ1) is 42.8. The highest BCUT2D eigenvalue weighted by atomic mass is 15.1. The highest BCUT2D eigenvalue weighted by Gasteiger charge is 2.16. The van der Waals surface area contributed by atoms with Crippen molar-refractivity contribution in [1.82, 2.24) is 10.2 Å². The molecule has 18 heteroatoms. The lowest BCUT2D eigenvalue weighted by molar-refractivity contribution is 0.289. The number of anilines is 3. The number of rotatable bonds is 20. The van der Waals surface area contributed by atoms with Crippen LogP contribution in [0.4, 0.5) is 17.1 Å². The number of aryl methyl sites for hydroxylation is 3. The van der Waals surface area contributed by atoms with E-state index in [9.17, 15) is 0 Å². The third kappa shape index (κ3) is 84.4. The van der Waals surface area contributed by atoms with E-state index in [1.807, 2.05) is 114 Å². The molecule has 18 nitrogen and oxygen atoms in total. The molecule has 3 aliphatic rings. The number of hydrogen-bond donors (Lipinski definition) is 17.